The Morgan fingerprint density at radius 3 is 2.44 bits per heavy atom. The molecule has 2 heterocycles. The lowest BCUT2D eigenvalue weighted by Crippen LogP contribution is -2.49. The van der Waals surface area contributed by atoms with Crippen molar-refractivity contribution < 1.29 is 43.2 Å². The first kappa shape index (κ1) is 33.4. The van der Waals surface area contributed by atoms with Gasteiger partial charge in [-0.2, -0.15) is 0 Å². The molecule has 3 atom stereocenters. The minimum Gasteiger partial charge on any atom is -0.480 e. The number of carbonyl (C=O) groups excluding carboxylic acids is 3. The van der Waals surface area contributed by atoms with E-state index in [0.717, 1.165) is 16.3 Å². The van der Waals surface area contributed by atoms with E-state index in [1.54, 1.807) is 54.7 Å². The molecule has 0 saturated carbocycles. The molecule has 0 unspecified atom stereocenters. The molecule has 2 N–H and O–H groups in total. The monoisotopic (exact) mass is 601 g/mol. The first-order valence-electron chi connectivity index (χ1n) is 14.5. The van der Waals surface area contributed by atoms with E-state index in [0.29, 0.717) is 18.7 Å². The lowest BCUT2D eigenvalue weighted by Gasteiger charge is -2.27. The number of nitrogens with one attached hydrogen (secondary N) is 1. The molecule has 0 radical (unpaired) electrons. The third-order valence-corrected chi connectivity index (χ3v) is 6.74. The van der Waals surface area contributed by atoms with Crippen LogP contribution in [0.25, 0.3) is 10.8 Å². The van der Waals surface area contributed by atoms with Crippen molar-refractivity contribution in [2.24, 2.45) is 5.41 Å². The van der Waals surface area contributed by atoms with Crippen molar-refractivity contribution in [3.63, 3.8) is 0 Å². The molecule has 1 aliphatic heterocycles. The van der Waals surface area contributed by atoms with Crippen LogP contribution in [0.3, 0.4) is 0 Å². The summed E-state index contributed by atoms with van der Waals surface area (Å²) in [5, 5.41) is 13.5. The third-order valence-electron chi connectivity index (χ3n) is 6.74. The number of nitrogens with zero attached hydrogens (tertiary/aromatic N) is 2. The summed E-state index contributed by atoms with van der Waals surface area (Å²) in [6.45, 7) is 12.6. The van der Waals surface area contributed by atoms with Gasteiger partial charge in [0.05, 0.1) is 19.8 Å². The number of amides is 2. The van der Waals surface area contributed by atoms with Crippen molar-refractivity contribution in [3.05, 3.63) is 36.0 Å². The smallest absolute Gasteiger partial charge is 0.411 e. The van der Waals surface area contributed by atoms with E-state index in [9.17, 15) is 24.3 Å². The number of alkyl carbamates (subject to hydrolysis) is 1. The largest absolute Gasteiger partial charge is 0.480 e. The van der Waals surface area contributed by atoms with Gasteiger partial charge in [0.1, 0.15) is 23.8 Å². The van der Waals surface area contributed by atoms with Crippen molar-refractivity contribution >= 4 is 34.9 Å². The predicted octanol–water partition coefficient (Wildman–Crippen LogP) is 4.71. The Hall–Kier alpha value is -4.09. The van der Waals surface area contributed by atoms with Gasteiger partial charge in [-0.1, -0.05) is 32.9 Å². The van der Waals surface area contributed by atoms with Gasteiger partial charge in [-0.05, 0) is 69.0 Å². The van der Waals surface area contributed by atoms with Crippen molar-refractivity contribution in [3.8, 4) is 5.88 Å². The Kier molecular flexibility index (Phi) is 10.8. The van der Waals surface area contributed by atoms with E-state index in [4.69, 9.17) is 18.9 Å². The highest BCUT2D eigenvalue weighted by Crippen LogP contribution is 2.30. The summed E-state index contributed by atoms with van der Waals surface area (Å²) < 4.78 is 22.2. The molecular formula is C31H43N3O9. The standard InChI is InChI=1S/C31H43N3O9/c1-8-40-27(37)23-17-21(18-34(23)29(39)43-31(5,6)7)42-25-22-16-19(11-12-20(22)13-14-32-25)10-9-15-41-28(38)33-24(26(35)36)30(2,3)4/h11-14,16,21,23-24H,8-10,15,17-18H2,1-7H3,(H,33,38)(H,35,36)/t21-,23+,24-/m1/s1. The number of aliphatic carboxylic acids is 1. The highest BCUT2D eigenvalue weighted by Gasteiger charge is 2.43. The van der Waals surface area contributed by atoms with Gasteiger partial charge < -0.3 is 29.4 Å². The van der Waals surface area contributed by atoms with Gasteiger partial charge in [-0.3, -0.25) is 4.90 Å². The van der Waals surface area contributed by atoms with Gasteiger partial charge in [0.25, 0.3) is 0 Å². The molecular weight excluding hydrogens is 558 g/mol. The SMILES string of the molecule is CCOC(=O)[C@@H]1C[C@@H](Oc2nccc3ccc(CCCOC(=O)N[C@H](C(=O)O)C(C)(C)C)cc23)CN1C(=O)OC(C)(C)C. The highest BCUT2D eigenvalue weighted by atomic mass is 16.6. The number of aromatic nitrogens is 1. The Balaban J connectivity index is 1.66. The molecule has 2 aromatic rings. The maximum absolute atomic E-state index is 12.9. The average molecular weight is 602 g/mol. The van der Waals surface area contributed by atoms with Gasteiger partial charge in [-0.15, -0.1) is 0 Å². The summed E-state index contributed by atoms with van der Waals surface area (Å²) in [6.07, 6.45) is 1.05. The Morgan fingerprint density at radius 1 is 1.09 bits per heavy atom. The van der Waals surface area contributed by atoms with Crippen LogP contribution in [0.15, 0.2) is 30.5 Å². The number of fused-ring (bicyclic) bond motifs is 1. The van der Waals surface area contributed by atoms with Crippen LogP contribution in [-0.4, -0.2) is 82.7 Å². The zero-order valence-electron chi connectivity index (χ0n) is 26.0. The normalized spacial score (nSPS) is 17.7. The Labute approximate surface area is 252 Å². The van der Waals surface area contributed by atoms with Crippen LogP contribution >= 0.6 is 0 Å². The number of benzene rings is 1. The summed E-state index contributed by atoms with van der Waals surface area (Å²) in [6, 6.07) is 5.80. The molecule has 2 amide bonds. The van der Waals surface area contributed by atoms with Crippen LogP contribution in [0.1, 0.15) is 66.9 Å². The second-order valence-electron chi connectivity index (χ2n) is 12.6. The highest BCUT2D eigenvalue weighted by molar-refractivity contribution is 5.87. The van der Waals surface area contributed by atoms with Gasteiger partial charge in [-0.25, -0.2) is 24.2 Å². The van der Waals surface area contributed by atoms with E-state index in [2.05, 4.69) is 10.3 Å². The molecule has 12 nitrogen and oxygen atoms in total. The molecule has 236 valence electrons. The molecule has 12 heteroatoms. The van der Waals surface area contributed by atoms with E-state index < -0.39 is 53.3 Å². The molecule has 0 aliphatic carbocycles. The quantitative estimate of drug-likeness (QED) is 0.222. The topological polar surface area (TPSA) is 154 Å². The molecule has 1 fully saturated rings. The molecule has 0 bridgehead atoms. The maximum atomic E-state index is 12.9. The van der Waals surface area contributed by atoms with Gasteiger partial charge in [0.15, 0.2) is 0 Å². The summed E-state index contributed by atoms with van der Waals surface area (Å²) in [7, 11) is 0. The van der Waals surface area contributed by atoms with Crippen LogP contribution in [0.4, 0.5) is 9.59 Å². The summed E-state index contributed by atoms with van der Waals surface area (Å²) in [5.74, 6) is -1.27. The van der Waals surface area contributed by atoms with Crippen molar-refractivity contribution in [2.75, 3.05) is 19.8 Å². The summed E-state index contributed by atoms with van der Waals surface area (Å²) in [5.41, 5.74) is -0.445. The maximum Gasteiger partial charge on any atom is 0.411 e. The van der Waals surface area contributed by atoms with Gasteiger partial charge in [0.2, 0.25) is 5.88 Å². The van der Waals surface area contributed by atoms with Crippen LogP contribution in [0, 0.1) is 5.41 Å². The minimum atomic E-state index is -1.13. The number of hydrogen-bond donors (Lipinski definition) is 2. The van der Waals surface area contributed by atoms with E-state index in [1.165, 1.54) is 4.90 Å². The second kappa shape index (κ2) is 13.9. The number of rotatable bonds is 10. The fourth-order valence-corrected chi connectivity index (χ4v) is 4.71. The molecule has 1 aromatic carbocycles. The lowest BCUT2D eigenvalue weighted by atomic mass is 9.87. The number of carbonyl (C=O) groups is 4. The third kappa shape index (κ3) is 9.45. The fraction of sp³-hybridized carbons (Fsp3) is 0.581. The van der Waals surface area contributed by atoms with Crippen LogP contribution in [0.2, 0.25) is 0 Å². The van der Waals surface area contributed by atoms with E-state index in [-0.39, 0.29) is 26.2 Å². The number of carboxylic acid groups (broad SMARTS) is 1. The average Bonchev–Trinajstić information content (AvgIpc) is 3.33. The van der Waals surface area contributed by atoms with Crippen LogP contribution in [0.5, 0.6) is 5.88 Å². The number of hydrogen-bond acceptors (Lipinski definition) is 9. The lowest BCUT2D eigenvalue weighted by molar-refractivity contribution is -0.148. The number of aryl methyl sites for hydroxylation is 1. The number of esters is 1. The molecule has 1 saturated heterocycles. The van der Waals surface area contributed by atoms with Crippen LogP contribution in [-0.2, 0) is 30.2 Å². The molecule has 43 heavy (non-hydrogen) atoms. The van der Waals surface area contributed by atoms with Gasteiger partial charge in [0, 0.05) is 18.0 Å². The van der Waals surface area contributed by atoms with Crippen molar-refractivity contribution in [1.29, 1.82) is 0 Å². The zero-order chi connectivity index (χ0) is 31.9. The number of likely N-dealkylation sites (tertiary alicyclic amines) is 1. The van der Waals surface area contributed by atoms with Gasteiger partial charge >= 0.3 is 24.1 Å². The molecule has 1 aliphatic rings. The molecule has 0 spiro atoms. The zero-order valence-corrected chi connectivity index (χ0v) is 26.0. The van der Waals surface area contributed by atoms with E-state index >= 15 is 0 Å². The number of carboxylic acids is 1. The first-order valence-corrected chi connectivity index (χ1v) is 14.5. The fourth-order valence-electron chi connectivity index (χ4n) is 4.71. The summed E-state index contributed by atoms with van der Waals surface area (Å²) in [4.78, 5) is 55.0. The van der Waals surface area contributed by atoms with Crippen molar-refractivity contribution in [1.82, 2.24) is 15.2 Å². The number of pyridine rings is 1. The minimum absolute atomic E-state index is 0.106. The van der Waals surface area contributed by atoms with Crippen molar-refractivity contribution in [2.45, 2.75) is 91.5 Å². The van der Waals surface area contributed by atoms with Crippen LogP contribution < -0.4 is 10.1 Å². The Bertz CT molecular complexity index is 1320. The summed E-state index contributed by atoms with van der Waals surface area (Å²) >= 11 is 0. The first-order chi connectivity index (χ1) is 20.1. The molecule has 3 rings (SSSR count). The van der Waals surface area contributed by atoms with E-state index in [1.807, 2.05) is 24.3 Å². The number of ether oxygens (including phenoxy) is 4. The molecule has 1 aromatic heterocycles. The second-order valence-corrected chi connectivity index (χ2v) is 12.6. The Morgan fingerprint density at radius 2 is 1.81 bits per heavy atom. The predicted molar refractivity (Wildman–Crippen MR) is 158 cm³/mol.